The van der Waals surface area contributed by atoms with Crippen molar-refractivity contribution >= 4 is 28.3 Å². The molecule has 0 aliphatic rings. The van der Waals surface area contributed by atoms with Gasteiger partial charge in [-0.1, -0.05) is 0 Å². The Bertz CT molecular complexity index is 781. The molecule has 0 heterocycles. The molecule has 0 fully saturated rings. The van der Waals surface area contributed by atoms with E-state index in [-0.39, 0.29) is 0 Å². The van der Waals surface area contributed by atoms with Gasteiger partial charge in [0, 0.05) is 22.7 Å². The number of benzene rings is 2. The molecule has 130 valence electrons. The van der Waals surface area contributed by atoms with Gasteiger partial charge in [-0.25, -0.2) is 8.42 Å². The summed E-state index contributed by atoms with van der Waals surface area (Å²) < 4.78 is 30.2. The Morgan fingerprint density at radius 3 is 2.50 bits per heavy atom. The molecule has 0 unspecified atom stereocenters. The molecule has 0 saturated heterocycles. The highest BCUT2D eigenvalue weighted by molar-refractivity contribution is 7.98. The van der Waals surface area contributed by atoms with E-state index < -0.39 is 10.9 Å². The van der Waals surface area contributed by atoms with Crippen molar-refractivity contribution in [3.05, 3.63) is 47.5 Å². The number of anilines is 1. The highest BCUT2D eigenvalue weighted by Gasteiger charge is 2.09. The first-order valence-electron chi connectivity index (χ1n) is 7.40. The van der Waals surface area contributed by atoms with Crippen LogP contribution in [0.1, 0.15) is 11.1 Å². The first-order valence-corrected chi connectivity index (χ1v) is 9.80. The number of ether oxygens (including phenoxy) is 1. The standard InChI is InChI=1S/C17H22N2O3S2/c1-12-9-15(6-8-17(12)23-4)22-16-7-5-14(18-24(20)21)10-13(16)11-19(2)3/h5-10,24H,11H2,1-4H3,(H,18,20,21). The fourth-order valence-electron chi connectivity index (χ4n) is 2.36. The maximum atomic E-state index is 10.9. The van der Waals surface area contributed by atoms with Crippen molar-refractivity contribution in [2.45, 2.75) is 18.4 Å². The molecule has 2 rings (SSSR count). The summed E-state index contributed by atoms with van der Waals surface area (Å²) in [6.07, 6.45) is 2.05. The van der Waals surface area contributed by atoms with Crippen LogP contribution >= 0.6 is 11.8 Å². The lowest BCUT2D eigenvalue weighted by Crippen LogP contribution is -2.12. The zero-order valence-electron chi connectivity index (χ0n) is 14.2. The number of hydrogen-bond donors (Lipinski definition) is 2. The fraction of sp³-hybridized carbons (Fsp3) is 0.294. The second kappa shape index (κ2) is 8.41. The molecule has 0 bridgehead atoms. The minimum Gasteiger partial charge on any atom is -0.457 e. The predicted octanol–water partition coefficient (Wildman–Crippen LogP) is 3.51. The summed E-state index contributed by atoms with van der Waals surface area (Å²) in [5.41, 5.74) is 2.61. The summed E-state index contributed by atoms with van der Waals surface area (Å²) in [5, 5.41) is 0. The molecule has 0 radical (unpaired) electrons. The van der Waals surface area contributed by atoms with Gasteiger partial charge in [0.25, 0.3) is 0 Å². The Hall–Kier alpha value is -1.70. The van der Waals surface area contributed by atoms with Gasteiger partial charge in [-0.3, -0.25) is 4.72 Å². The van der Waals surface area contributed by atoms with Crippen LogP contribution in [0, 0.1) is 6.92 Å². The van der Waals surface area contributed by atoms with Crippen LogP contribution in [0.2, 0.25) is 0 Å². The van der Waals surface area contributed by atoms with Gasteiger partial charge in [0.2, 0.25) is 10.9 Å². The van der Waals surface area contributed by atoms with Gasteiger partial charge in [-0.2, -0.15) is 0 Å². The number of thiol groups is 1. The minimum absolute atomic E-state index is 0.532. The number of aryl methyl sites for hydroxylation is 1. The highest BCUT2D eigenvalue weighted by Crippen LogP contribution is 2.31. The van der Waals surface area contributed by atoms with E-state index in [1.54, 1.807) is 30.0 Å². The van der Waals surface area contributed by atoms with Crippen molar-refractivity contribution in [1.82, 2.24) is 4.90 Å². The van der Waals surface area contributed by atoms with Crippen LogP contribution in [0.5, 0.6) is 11.5 Å². The number of rotatable bonds is 7. The van der Waals surface area contributed by atoms with E-state index in [9.17, 15) is 8.42 Å². The van der Waals surface area contributed by atoms with Crippen molar-refractivity contribution in [3.8, 4) is 11.5 Å². The molecule has 0 aromatic heterocycles. The van der Waals surface area contributed by atoms with Crippen molar-refractivity contribution in [2.75, 3.05) is 25.1 Å². The third kappa shape index (κ3) is 5.15. The average Bonchev–Trinajstić information content (AvgIpc) is 2.49. The van der Waals surface area contributed by atoms with Crippen LogP contribution in [0.3, 0.4) is 0 Å². The van der Waals surface area contributed by atoms with Crippen molar-refractivity contribution in [3.63, 3.8) is 0 Å². The van der Waals surface area contributed by atoms with Crippen LogP contribution < -0.4 is 9.46 Å². The Labute approximate surface area is 149 Å². The second-order valence-electron chi connectivity index (χ2n) is 5.66. The van der Waals surface area contributed by atoms with Gasteiger partial charge in [-0.05, 0) is 69.2 Å². The monoisotopic (exact) mass is 366 g/mol. The number of hydrogen-bond acceptors (Lipinski definition) is 5. The van der Waals surface area contributed by atoms with Gasteiger partial charge in [0.1, 0.15) is 11.5 Å². The highest BCUT2D eigenvalue weighted by atomic mass is 32.2. The maximum absolute atomic E-state index is 10.9. The average molecular weight is 367 g/mol. The van der Waals surface area contributed by atoms with E-state index in [2.05, 4.69) is 11.6 Å². The molecule has 0 atom stereocenters. The molecule has 5 nitrogen and oxygen atoms in total. The van der Waals surface area contributed by atoms with E-state index in [0.717, 1.165) is 16.9 Å². The first kappa shape index (κ1) is 18.6. The van der Waals surface area contributed by atoms with Crippen molar-refractivity contribution in [1.29, 1.82) is 0 Å². The molecular weight excluding hydrogens is 344 g/mol. The number of thioether (sulfide) groups is 1. The molecule has 24 heavy (non-hydrogen) atoms. The van der Waals surface area contributed by atoms with E-state index in [1.165, 1.54) is 4.90 Å². The predicted molar refractivity (Wildman–Crippen MR) is 101 cm³/mol. The number of nitrogens with zero attached hydrogens (tertiary/aromatic N) is 1. The lowest BCUT2D eigenvalue weighted by atomic mass is 10.1. The van der Waals surface area contributed by atoms with Crippen LogP contribution in [0.25, 0.3) is 0 Å². The molecule has 0 aliphatic heterocycles. The topological polar surface area (TPSA) is 58.6 Å². The first-order chi connectivity index (χ1) is 11.4. The van der Waals surface area contributed by atoms with Crippen LogP contribution in [-0.2, 0) is 17.4 Å². The minimum atomic E-state index is -2.68. The third-order valence-electron chi connectivity index (χ3n) is 3.36. The Morgan fingerprint density at radius 2 is 1.92 bits per heavy atom. The molecular formula is C17H22N2O3S2. The van der Waals surface area contributed by atoms with Gasteiger partial charge in [-0.15, -0.1) is 11.8 Å². The molecule has 0 saturated carbocycles. The smallest absolute Gasteiger partial charge is 0.222 e. The van der Waals surface area contributed by atoms with Crippen molar-refractivity contribution in [2.24, 2.45) is 0 Å². The number of nitrogens with one attached hydrogen (secondary N) is 1. The summed E-state index contributed by atoms with van der Waals surface area (Å²) in [4.78, 5) is 3.22. The van der Waals surface area contributed by atoms with Crippen LogP contribution in [0.15, 0.2) is 41.3 Å². The molecule has 2 aromatic carbocycles. The van der Waals surface area contributed by atoms with Gasteiger partial charge in [0.05, 0.1) is 0 Å². The van der Waals surface area contributed by atoms with E-state index in [0.29, 0.717) is 18.0 Å². The molecule has 7 heteroatoms. The molecule has 1 N–H and O–H groups in total. The Balaban J connectivity index is 2.32. The van der Waals surface area contributed by atoms with E-state index >= 15 is 0 Å². The second-order valence-corrected chi connectivity index (χ2v) is 7.25. The summed E-state index contributed by atoms with van der Waals surface area (Å²) in [6, 6.07) is 11.3. The SMILES string of the molecule is CSc1ccc(Oc2ccc(N[SH](=O)=O)cc2CN(C)C)cc1C. The van der Waals surface area contributed by atoms with Crippen molar-refractivity contribution < 1.29 is 13.2 Å². The maximum Gasteiger partial charge on any atom is 0.222 e. The van der Waals surface area contributed by atoms with Gasteiger partial charge in [0.15, 0.2) is 0 Å². The molecule has 0 amide bonds. The lowest BCUT2D eigenvalue weighted by molar-refractivity contribution is 0.388. The zero-order chi connectivity index (χ0) is 17.7. The van der Waals surface area contributed by atoms with Gasteiger partial charge >= 0.3 is 0 Å². The van der Waals surface area contributed by atoms with Crippen LogP contribution in [0.4, 0.5) is 5.69 Å². The Morgan fingerprint density at radius 1 is 1.17 bits per heavy atom. The largest absolute Gasteiger partial charge is 0.457 e. The molecule has 0 aliphatic carbocycles. The third-order valence-corrected chi connectivity index (χ3v) is 4.70. The van der Waals surface area contributed by atoms with Gasteiger partial charge < -0.3 is 9.64 Å². The Kier molecular flexibility index (Phi) is 6.53. The van der Waals surface area contributed by atoms with E-state index in [1.807, 2.05) is 43.5 Å². The summed E-state index contributed by atoms with van der Waals surface area (Å²) in [7, 11) is 1.22. The summed E-state index contributed by atoms with van der Waals surface area (Å²) >= 11 is 1.70. The molecule has 0 spiro atoms. The fourth-order valence-corrected chi connectivity index (χ4v) is 3.29. The summed E-state index contributed by atoms with van der Waals surface area (Å²) in [5.74, 6) is 1.48. The van der Waals surface area contributed by atoms with Crippen LogP contribution in [-0.4, -0.2) is 33.7 Å². The normalized spacial score (nSPS) is 11.1. The quantitative estimate of drug-likeness (QED) is 0.580. The lowest BCUT2D eigenvalue weighted by Gasteiger charge is -2.16. The van der Waals surface area contributed by atoms with E-state index in [4.69, 9.17) is 4.74 Å². The zero-order valence-corrected chi connectivity index (χ0v) is 15.9. The summed E-state index contributed by atoms with van der Waals surface area (Å²) in [6.45, 7) is 2.69. The molecule has 2 aromatic rings.